The summed E-state index contributed by atoms with van der Waals surface area (Å²) in [6.45, 7) is 0.146. The molecule has 0 saturated carbocycles. The van der Waals surface area contributed by atoms with Crippen LogP contribution < -0.4 is 10.5 Å². The lowest BCUT2D eigenvalue weighted by atomic mass is 10.1. The van der Waals surface area contributed by atoms with Crippen LogP contribution >= 0.6 is 0 Å². The third kappa shape index (κ3) is 2.98. The van der Waals surface area contributed by atoms with Crippen molar-refractivity contribution in [1.29, 1.82) is 0 Å². The third-order valence-electron chi connectivity index (χ3n) is 3.71. The number of esters is 1. The Labute approximate surface area is 131 Å². The standard InChI is InChI=1S/C16H15N3O4/c1-23-15(22)11-7-14(21)19(9-11)16-17-12(8-13(20)18-16)10-5-3-2-4-6-10/h2-6,8,11H,7,9H2,1H3,(H,17,18,20). The summed E-state index contributed by atoms with van der Waals surface area (Å²) in [5, 5.41) is 0. The molecule has 2 aromatic rings. The lowest BCUT2D eigenvalue weighted by Gasteiger charge is -2.15. The monoisotopic (exact) mass is 313 g/mol. The highest BCUT2D eigenvalue weighted by atomic mass is 16.5. The summed E-state index contributed by atoms with van der Waals surface area (Å²) in [6.07, 6.45) is 0.0476. The van der Waals surface area contributed by atoms with Crippen molar-refractivity contribution in [3.8, 4) is 11.3 Å². The first-order chi connectivity index (χ1) is 11.1. The van der Waals surface area contributed by atoms with Crippen molar-refractivity contribution in [3.63, 3.8) is 0 Å². The number of carbonyl (C=O) groups is 2. The number of aromatic nitrogens is 2. The summed E-state index contributed by atoms with van der Waals surface area (Å²) in [6, 6.07) is 10.6. The maximum absolute atomic E-state index is 12.1. The first kappa shape index (κ1) is 15.0. The summed E-state index contributed by atoms with van der Waals surface area (Å²) in [5.74, 6) is -1.11. The van der Waals surface area contributed by atoms with E-state index in [1.807, 2.05) is 30.3 Å². The zero-order valence-electron chi connectivity index (χ0n) is 12.5. The minimum absolute atomic E-state index is 0.0476. The van der Waals surface area contributed by atoms with Crippen LogP contribution in [0.2, 0.25) is 0 Å². The number of rotatable bonds is 3. The Kier molecular flexibility index (Phi) is 3.92. The van der Waals surface area contributed by atoms with Gasteiger partial charge in [0.2, 0.25) is 11.9 Å². The van der Waals surface area contributed by atoms with Gasteiger partial charge in [0.25, 0.3) is 5.56 Å². The van der Waals surface area contributed by atoms with E-state index in [2.05, 4.69) is 14.7 Å². The number of anilines is 1. The van der Waals surface area contributed by atoms with E-state index in [1.54, 1.807) is 0 Å². The number of hydrogen-bond acceptors (Lipinski definition) is 5. The number of carbonyl (C=O) groups excluding carboxylic acids is 2. The largest absolute Gasteiger partial charge is 0.469 e. The molecule has 2 heterocycles. The maximum Gasteiger partial charge on any atom is 0.311 e. The molecule has 1 amide bonds. The van der Waals surface area contributed by atoms with Gasteiger partial charge in [-0.1, -0.05) is 30.3 Å². The van der Waals surface area contributed by atoms with E-state index in [-0.39, 0.29) is 30.4 Å². The number of amides is 1. The van der Waals surface area contributed by atoms with Crippen LogP contribution in [0.4, 0.5) is 5.95 Å². The van der Waals surface area contributed by atoms with Gasteiger partial charge in [-0.25, -0.2) is 4.98 Å². The fourth-order valence-corrected chi connectivity index (χ4v) is 2.57. The Morgan fingerprint density at radius 1 is 1.30 bits per heavy atom. The topological polar surface area (TPSA) is 92.4 Å². The molecule has 7 heteroatoms. The number of nitrogens with zero attached hydrogens (tertiary/aromatic N) is 2. The van der Waals surface area contributed by atoms with Crippen LogP contribution in [-0.2, 0) is 14.3 Å². The van der Waals surface area contributed by atoms with Crippen LogP contribution in [-0.4, -0.2) is 35.5 Å². The lowest BCUT2D eigenvalue weighted by molar-refractivity contribution is -0.145. The molecule has 0 radical (unpaired) electrons. The number of ether oxygens (including phenoxy) is 1. The fourth-order valence-electron chi connectivity index (χ4n) is 2.57. The van der Waals surface area contributed by atoms with Crippen LogP contribution in [0.25, 0.3) is 11.3 Å². The second kappa shape index (κ2) is 6.04. The molecule has 1 atom stereocenters. The molecule has 1 aromatic heterocycles. The molecule has 0 aliphatic carbocycles. The van der Waals surface area contributed by atoms with E-state index < -0.39 is 11.9 Å². The molecule has 23 heavy (non-hydrogen) atoms. The predicted octanol–water partition coefficient (Wildman–Crippen LogP) is 0.963. The smallest absolute Gasteiger partial charge is 0.311 e. The van der Waals surface area contributed by atoms with Gasteiger partial charge < -0.3 is 4.74 Å². The SMILES string of the molecule is COC(=O)C1CC(=O)N(c2nc(-c3ccccc3)cc(=O)[nH]2)C1. The van der Waals surface area contributed by atoms with Crippen LogP contribution in [0.15, 0.2) is 41.2 Å². The number of nitrogens with one attached hydrogen (secondary N) is 1. The molecular weight excluding hydrogens is 298 g/mol. The molecule has 1 aliphatic rings. The number of H-pyrrole nitrogens is 1. The average Bonchev–Trinajstić information content (AvgIpc) is 2.96. The molecular formula is C16H15N3O4. The summed E-state index contributed by atoms with van der Waals surface area (Å²) < 4.78 is 4.67. The number of hydrogen-bond donors (Lipinski definition) is 1. The molecule has 0 spiro atoms. The summed E-state index contributed by atoms with van der Waals surface area (Å²) in [5.41, 5.74) is 0.887. The van der Waals surface area contributed by atoms with E-state index in [0.29, 0.717) is 5.69 Å². The van der Waals surface area contributed by atoms with Crippen molar-refractivity contribution < 1.29 is 14.3 Å². The zero-order chi connectivity index (χ0) is 16.4. The molecule has 1 unspecified atom stereocenters. The molecule has 1 fully saturated rings. The normalized spacial score (nSPS) is 17.3. The second-order valence-electron chi connectivity index (χ2n) is 5.25. The molecule has 7 nitrogen and oxygen atoms in total. The molecule has 0 bridgehead atoms. The number of methoxy groups -OCH3 is 1. The molecule has 1 saturated heterocycles. The Bertz CT molecular complexity index is 800. The first-order valence-corrected chi connectivity index (χ1v) is 7.13. The van der Waals surface area contributed by atoms with Crippen LogP contribution in [0.1, 0.15) is 6.42 Å². The van der Waals surface area contributed by atoms with Crippen LogP contribution in [0.3, 0.4) is 0 Å². The Morgan fingerprint density at radius 2 is 2.04 bits per heavy atom. The van der Waals surface area contributed by atoms with E-state index in [4.69, 9.17) is 0 Å². The van der Waals surface area contributed by atoms with Gasteiger partial charge in [0.1, 0.15) is 0 Å². The number of benzene rings is 1. The van der Waals surface area contributed by atoms with Gasteiger partial charge in [0, 0.05) is 24.6 Å². The predicted molar refractivity (Wildman–Crippen MR) is 82.8 cm³/mol. The molecule has 118 valence electrons. The molecule has 1 aromatic carbocycles. The maximum atomic E-state index is 12.1. The van der Waals surface area contributed by atoms with Crippen LogP contribution in [0, 0.1) is 5.92 Å². The minimum atomic E-state index is -0.543. The fraction of sp³-hybridized carbons (Fsp3) is 0.250. The van der Waals surface area contributed by atoms with Gasteiger partial charge in [-0.15, -0.1) is 0 Å². The van der Waals surface area contributed by atoms with Crippen molar-refractivity contribution in [1.82, 2.24) is 9.97 Å². The average molecular weight is 313 g/mol. The molecule has 3 rings (SSSR count). The van der Waals surface area contributed by atoms with Crippen molar-refractivity contribution in [2.75, 3.05) is 18.6 Å². The van der Waals surface area contributed by atoms with Gasteiger partial charge >= 0.3 is 5.97 Å². The Hall–Kier alpha value is -2.96. The van der Waals surface area contributed by atoms with Gasteiger partial charge in [-0.05, 0) is 0 Å². The third-order valence-corrected chi connectivity index (χ3v) is 3.71. The number of aromatic amines is 1. The van der Waals surface area contributed by atoms with Gasteiger partial charge in [0.15, 0.2) is 0 Å². The van der Waals surface area contributed by atoms with Gasteiger partial charge in [-0.3, -0.25) is 24.3 Å². The minimum Gasteiger partial charge on any atom is -0.469 e. The second-order valence-corrected chi connectivity index (χ2v) is 5.25. The molecule has 1 aliphatic heterocycles. The highest BCUT2D eigenvalue weighted by Gasteiger charge is 2.37. The van der Waals surface area contributed by atoms with E-state index in [1.165, 1.54) is 18.1 Å². The van der Waals surface area contributed by atoms with Crippen LogP contribution in [0.5, 0.6) is 0 Å². The van der Waals surface area contributed by atoms with E-state index >= 15 is 0 Å². The van der Waals surface area contributed by atoms with Crippen molar-refractivity contribution in [3.05, 3.63) is 46.8 Å². The van der Waals surface area contributed by atoms with Gasteiger partial charge in [0.05, 0.1) is 18.7 Å². The highest BCUT2D eigenvalue weighted by molar-refractivity contribution is 5.98. The lowest BCUT2D eigenvalue weighted by Crippen LogP contribution is -2.29. The van der Waals surface area contributed by atoms with Crippen molar-refractivity contribution in [2.45, 2.75) is 6.42 Å². The van der Waals surface area contributed by atoms with Crippen molar-refractivity contribution >= 4 is 17.8 Å². The summed E-state index contributed by atoms with van der Waals surface area (Å²) in [7, 11) is 1.28. The summed E-state index contributed by atoms with van der Waals surface area (Å²) in [4.78, 5) is 43.8. The first-order valence-electron chi connectivity index (χ1n) is 7.13. The zero-order valence-corrected chi connectivity index (χ0v) is 12.5. The van der Waals surface area contributed by atoms with Gasteiger partial charge in [-0.2, -0.15) is 0 Å². The Balaban J connectivity index is 1.95. The quantitative estimate of drug-likeness (QED) is 0.852. The molecule has 1 N–H and O–H groups in total. The van der Waals surface area contributed by atoms with E-state index in [9.17, 15) is 14.4 Å². The highest BCUT2D eigenvalue weighted by Crippen LogP contribution is 2.24. The summed E-state index contributed by atoms with van der Waals surface area (Å²) >= 11 is 0. The van der Waals surface area contributed by atoms with Crippen molar-refractivity contribution in [2.24, 2.45) is 5.92 Å². The Morgan fingerprint density at radius 3 is 2.74 bits per heavy atom. The van der Waals surface area contributed by atoms with E-state index in [0.717, 1.165) is 5.56 Å².